The van der Waals surface area contributed by atoms with E-state index in [0.29, 0.717) is 23.5 Å². The summed E-state index contributed by atoms with van der Waals surface area (Å²) in [6.45, 7) is 2.64. The molecule has 0 aliphatic rings. The van der Waals surface area contributed by atoms with Crippen LogP contribution in [0.3, 0.4) is 0 Å². The van der Waals surface area contributed by atoms with Crippen LogP contribution in [-0.2, 0) is 6.54 Å². The first-order chi connectivity index (χ1) is 9.09. The van der Waals surface area contributed by atoms with E-state index in [1.807, 2.05) is 31.2 Å². The molecule has 2 aromatic rings. The highest BCUT2D eigenvalue weighted by atomic mass is 16.1. The van der Waals surface area contributed by atoms with Gasteiger partial charge in [-0.15, -0.1) is 0 Å². The zero-order chi connectivity index (χ0) is 13.8. The number of hydrogen-bond acceptors (Lipinski definition) is 3. The fourth-order valence-electron chi connectivity index (χ4n) is 1.96. The standard InChI is InChI=1S/C15H17N3O/c1-10-5-2-3-6-11(10)9-18-14-12(15(17)19)7-4-8-13(14)16/h2-8,18H,9,16H2,1H3,(H2,17,19). The molecule has 1 amide bonds. The molecule has 0 unspecified atom stereocenters. The number of carbonyl (C=O) groups is 1. The van der Waals surface area contributed by atoms with Gasteiger partial charge in [0.05, 0.1) is 16.9 Å². The summed E-state index contributed by atoms with van der Waals surface area (Å²) in [5.41, 5.74) is 15.1. The van der Waals surface area contributed by atoms with Gasteiger partial charge in [0, 0.05) is 6.54 Å². The van der Waals surface area contributed by atoms with Gasteiger partial charge in [0.25, 0.3) is 5.91 Å². The molecule has 0 aromatic heterocycles. The van der Waals surface area contributed by atoms with Crippen LogP contribution in [-0.4, -0.2) is 5.91 Å². The van der Waals surface area contributed by atoms with E-state index in [1.165, 1.54) is 5.56 Å². The first kappa shape index (κ1) is 13.0. The second kappa shape index (κ2) is 5.44. The van der Waals surface area contributed by atoms with Gasteiger partial charge in [-0.3, -0.25) is 4.79 Å². The van der Waals surface area contributed by atoms with Crippen LogP contribution in [0.5, 0.6) is 0 Å². The van der Waals surface area contributed by atoms with E-state index < -0.39 is 5.91 Å². The maximum absolute atomic E-state index is 11.4. The zero-order valence-corrected chi connectivity index (χ0v) is 10.8. The fraction of sp³-hybridized carbons (Fsp3) is 0.133. The van der Waals surface area contributed by atoms with E-state index in [1.54, 1.807) is 18.2 Å². The molecule has 0 bridgehead atoms. The molecule has 0 radical (unpaired) electrons. The first-order valence-electron chi connectivity index (χ1n) is 6.06. The third-order valence-corrected chi connectivity index (χ3v) is 3.08. The predicted molar refractivity (Wildman–Crippen MR) is 77.9 cm³/mol. The van der Waals surface area contributed by atoms with Crippen molar-refractivity contribution in [2.45, 2.75) is 13.5 Å². The highest BCUT2D eigenvalue weighted by Gasteiger charge is 2.10. The van der Waals surface area contributed by atoms with E-state index in [0.717, 1.165) is 5.56 Å². The average molecular weight is 255 g/mol. The van der Waals surface area contributed by atoms with Gasteiger partial charge in [-0.05, 0) is 30.2 Å². The van der Waals surface area contributed by atoms with Crippen molar-refractivity contribution in [2.24, 2.45) is 5.73 Å². The summed E-state index contributed by atoms with van der Waals surface area (Å²) >= 11 is 0. The Bertz CT molecular complexity index is 608. The van der Waals surface area contributed by atoms with E-state index in [4.69, 9.17) is 11.5 Å². The van der Waals surface area contributed by atoms with Gasteiger partial charge in [0.15, 0.2) is 0 Å². The van der Waals surface area contributed by atoms with E-state index in [9.17, 15) is 4.79 Å². The number of hydrogen-bond donors (Lipinski definition) is 3. The molecule has 0 atom stereocenters. The van der Waals surface area contributed by atoms with Gasteiger partial charge in [-0.1, -0.05) is 30.3 Å². The molecule has 2 rings (SSSR count). The minimum atomic E-state index is -0.486. The Kier molecular flexibility index (Phi) is 3.71. The highest BCUT2D eigenvalue weighted by molar-refractivity contribution is 6.01. The molecule has 19 heavy (non-hydrogen) atoms. The van der Waals surface area contributed by atoms with Crippen molar-refractivity contribution in [3.05, 3.63) is 59.2 Å². The Morgan fingerprint density at radius 1 is 1.16 bits per heavy atom. The number of nitrogens with two attached hydrogens (primary N) is 2. The van der Waals surface area contributed by atoms with Crippen molar-refractivity contribution >= 4 is 17.3 Å². The lowest BCUT2D eigenvalue weighted by molar-refractivity contribution is 0.100. The van der Waals surface area contributed by atoms with Crippen molar-refractivity contribution < 1.29 is 4.79 Å². The number of nitrogen functional groups attached to an aromatic ring is 1. The summed E-state index contributed by atoms with van der Waals surface area (Å²) < 4.78 is 0. The van der Waals surface area contributed by atoms with Crippen LogP contribution in [0.15, 0.2) is 42.5 Å². The molecular formula is C15H17N3O. The quantitative estimate of drug-likeness (QED) is 0.733. The summed E-state index contributed by atoms with van der Waals surface area (Å²) in [6.07, 6.45) is 0. The number of benzene rings is 2. The summed E-state index contributed by atoms with van der Waals surface area (Å²) in [4.78, 5) is 11.4. The smallest absolute Gasteiger partial charge is 0.250 e. The van der Waals surface area contributed by atoms with Crippen molar-refractivity contribution in [3.63, 3.8) is 0 Å². The van der Waals surface area contributed by atoms with Gasteiger partial charge < -0.3 is 16.8 Å². The number of nitrogens with one attached hydrogen (secondary N) is 1. The summed E-state index contributed by atoms with van der Waals surface area (Å²) in [7, 11) is 0. The first-order valence-corrected chi connectivity index (χ1v) is 6.06. The van der Waals surface area contributed by atoms with Crippen LogP contribution in [0.4, 0.5) is 11.4 Å². The van der Waals surface area contributed by atoms with Crippen LogP contribution in [0.1, 0.15) is 21.5 Å². The molecule has 4 nitrogen and oxygen atoms in total. The molecule has 0 saturated carbocycles. The predicted octanol–water partition coefficient (Wildman–Crippen LogP) is 2.29. The number of carbonyl (C=O) groups excluding carboxylic acids is 1. The molecular weight excluding hydrogens is 238 g/mol. The average Bonchev–Trinajstić information content (AvgIpc) is 2.38. The minimum absolute atomic E-state index is 0.411. The minimum Gasteiger partial charge on any atom is -0.397 e. The number of aryl methyl sites for hydroxylation is 1. The van der Waals surface area contributed by atoms with Crippen LogP contribution in [0.25, 0.3) is 0 Å². The monoisotopic (exact) mass is 255 g/mol. The second-order valence-electron chi connectivity index (χ2n) is 4.41. The van der Waals surface area contributed by atoms with Gasteiger partial charge in [0.1, 0.15) is 0 Å². The molecule has 4 heteroatoms. The van der Waals surface area contributed by atoms with Crippen molar-refractivity contribution in [1.29, 1.82) is 0 Å². The number of para-hydroxylation sites is 1. The van der Waals surface area contributed by atoms with Gasteiger partial charge in [-0.2, -0.15) is 0 Å². The van der Waals surface area contributed by atoms with Gasteiger partial charge in [0.2, 0.25) is 0 Å². The lowest BCUT2D eigenvalue weighted by atomic mass is 10.1. The van der Waals surface area contributed by atoms with Crippen LogP contribution in [0, 0.1) is 6.92 Å². The molecule has 0 aliphatic heterocycles. The molecule has 0 fully saturated rings. The van der Waals surface area contributed by atoms with Gasteiger partial charge in [-0.25, -0.2) is 0 Å². The second-order valence-corrected chi connectivity index (χ2v) is 4.41. The summed E-state index contributed by atoms with van der Waals surface area (Å²) in [6, 6.07) is 13.2. The summed E-state index contributed by atoms with van der Waals surface area (Å²) in [5, 5.41) is 3.19. The maximum Gasteiger partial charge on any atom is 0.250 e. The topological polar surface area (TPSA) is 81.1 Å². The van der Waals surface area contributed by atoms with Crippen molar-refractivity contribution in [3.8, 4) is 0 Å². The molecule has 5 N–H and O–H groups in total. The Balaban J connectivity index is 2.25. The van der Waals surface area contributed by atoms with Crippen LogP contribution < -0.4 is 16.8 Å². The third-order valence-electron chi connectivity index (χ3n) is 3.08. The number of amides is 1. The number of anilines is 2. The Morgan fingerprint density at radius 3 is 2.58 bits per heavy atom. The fourth-order valence-corrected chi connectivity index (χ4v) is 1.96. The number of rotatable bonds is 4. The van der Waals surface area contributed by atoms with Gasteiger partial charge >= 0.3 is 0 Å². The van der Waals surface area contributed by atoms with Crippen molar-refractivity contribution in [2.75, 3.05) is 11.1 Å². The number of primary amides is 1. The molecule has 0 saturated heterocycles. The molecule has 0 spiro atoms. The third kappa shape index (κ3) is 2.85. The Hall–Kier alpha value is -2.49. The maximum atomic E-state index is 11.4. The normalized spacial score (nSPS) is 10.2. The largest absolute Gasteiger partial charge is 0.397 e. The highest BCUT2D eigenvalue weighted by Crippen LogP contribution is 2.24. The Labute approximate surface area is 112 Å². The molecule has 2 aromatic carbocycles. The lowest BCUT2D eigenvalue weighted by Crippen LogP contribution is -2.15. The van der Waals surface area contributed by atoms with Crippen molar-refractivity contribution in [1.82, 2.24) is 0 Å². The molecule has 98 valence electrons. The molecule has 0 aliphatic carbocycles. The van der Waals surface area contributed by atoms with Crippen LogP contribution in [0.2, 0.25) is 0 Å². The Morgan fingerprint density at radius 2 is 1.89 bits per heavy atom. The summed E-state index contributed by atoms with van der Waals surface area (Å²) in [5.74, 6) is -0.486. The zero-order valence-electron chi connectivity index (χ0n) is 10.8. The molecule has 0 heterocycles. The lowest BCUT2D eigenvalue weighted by Gasteiger charge is -2.13. The SMILES string of the molecule is Cc1ccccc1CNc1c(N)cccc1C(N)=O. The van der Waals surface area contributed by atoms with E-state index in [-0.39, 0.29) is 0 Å². The van der Waals surface area contributed by atoms with E-state index >= 15 is 0 Å². The van der Waals surface area contributed by atoms with Crippen LogP contribution >= 0.6 is 0 Å². The van der Waals surface area contributed by atoms with E-state index in [2.05, 4.69) is 5.32 Å².